The lowest BCUT2D eigenvalue weighted by Gasteiger charge is -2.24. The van der Waals surface area contributed by atoms with Gasteiger partial charge in [-0.25, -0.2) is 0 Å². The van der Waals surface area contributed by atoms with Gasteiger partial charge in [-0.2, -0.15) is 5.26 Å². The summed E-state index contributed by atoms with van der Waals surface area (Å²) in [6, 6.07) is 6.36. The molecule has 0 bridgehead atoms. The number of hydrogen-bond donors (Lipinski definition) is 0. The highest BCUT2D eigenvalue weighted by Gasteiger charge is 2.14. The van der Waals surface area contributed by atoms with E-state index in [-0.39, 0.29) is 5.69 Å². The third-order valence-electron chi connectivity index (χ3n) is 2.54. The fraction of sp³-hybridized carbons (Fsp3) is 0.417. The van der Waals surface area contributed by atoms with Crippen LogP contribution in [0.2, 0.25) is 5.02 Å². The highest BCUT2D eigenvalue weighted by molar-refractivity contribution is 6.33. The standard InChI is InChI=1S/C12H14ClN3O3/c1-19-8-7-15(6-2-5-14)12-4-3-10(16(17)18)9-11(12)13/h3-4,9H,2,6-8H2,1H3. The quantitative estimate of drug-likeness (QED) is 0.567. The van der Waals surface area contributed by atoms with Crippen molar-refractivity contribution in [2.24, 2.45) is 0 Å². The van der Waals surface area contributed by atoms with E-state index in [2.05, 4.69) is 6.07 Å². The highest BCUT2D eigenvalue weighted by atomic mass is 35.5. The molecule has 0 aliphatic rings. The van der Waals surface area contributed by atoms with Crippen molar-refractivity contribution in [2.45, 2.75) is 6.42 Å². The van der Waals surface area contributed by atoms with Gasteiger partial charge < -0.3 is 9.64 Å². The van der Waals surface area contributed by atoms with Crippen molar-refractivity contribution in [1.82, 2.24) is 0 Å². The van der Waals surface area contributed by atoms with E-state index in [4.69, 9.17) is 21.6 Å². The number of nitrogens with zero attached hydrogens (tertiary/aromatic N) is 3. The lowest BCUT2D eigenvalue weighted by Crippen LogP contribution is -2.28. The summed E-state index contributed by atoms with van der Waals surface area (Å²) in [5.74, 6) is 0. The maximum atomic E-state index is 10.6. The topological polar surface area (TPSA) is 79.4 Å². The average molecular weight is 284 g/mol. The third kappa shape index (κ3) is 4.39. The first-order valence-electron chi connectivity index (χ1n) is 5.65. The summed E-state index contributed by atoms with van der Waals surface area (Å²) in [6.07, 6.45) is 0.344. The van der Waals surface area contributed by atoms with Crippen LogP contribution >= 0.6 is 11.6 Å². The number of hydrogen-bond acceptors (Lipinski definition) is 5. The van der Waals surface area contributed by atoms with Crippen LogP contribution in [0, 0.1) is 21.4 Å². The minimum atomic E-state index is -0.496. The molecule has 6 nitrogen and oxygen atoms in total. The maximum Gasteiger partial charge on any atom is 0.271 e. The van der Waals surface area contributed by atoms with E-state index in [0.717, 1.165) is 0 Å². The zero-order valence-electron chi connectivity index (χ0n) is 10.5. The van der Waals surface area contributed by atoms with E-state index < -0.39 is 4.92 Å². The van der Waals surface area contributed by atoms with Gasteiger partial charge in [-0.1, -0.05) is 11.6 Å². The molecule has 0 fully saturated rings. The Morgan fingerprint density at radius 2 is 2.26 bits per heavy atom. The lowest BCUT2D eigenvalue weighted by atomic mass is 10.2. The second kappa shape index (κ2) is 7.56. The first-order chi connectivity index (χ1) is 9.10. The van der Waals surface area contributed by atoms with Gasteiger partial charge in [0.25, 0.3) is 5.69 Å². The van der Waals surface area contributed by atoms with Crippen LogP contribution < -0.4 is 4.90 Å². The van der Waals surface area contributed by atoms with Gasteiger partial charge in [0.1, 0.15) is 0 Å². The van der Waals surface area contributed by atoms with E-state index in [9.17, 15) is 10.1 Å². The molecule has 0 heterocycles. The minimum Gasteiger partial charge on any atom is -0.383 e. The van der Waals surface area contributed by atoms with Crippen molar-refractivity contribution in [2.75, 3.05) is 31.7 Å². The molecule has 1 aromatic rings. The molecule has 0 saturated heterocycles. The molecule has 1 rings (SSSR count). The van der Waals surface area contributed by atoms with E-state index in [1.165, 1.54) is 12.1 Å². The van der Waals surface area contributed by atoms with E-state index >= 15 is 0 Å². The Morgan fingerprint density at radius 1 is 1.53 bits per heavy atom. The molecule has 0 atom stereocenters. The normalized spacial score (nSPS) is 9.95. The van der Waals surface area contributed by atoms with Crippen molar-refractivity contribution < 1.29 is 9.66 Å². The molecule has 0 aliphatic carbocycles. The van der Waals surface area contributed by atoms with Crippen LogP contribution in [0.25, 0.3) is 0 Å². The Hall–Kier alpha value is -1.84. The molecular formula is C12H14ClN3O3. The highest BCUT2D eigenvalue weighted by Crippen LogP contribution is 2.29. The van der Waals surface area contributed by atoms with Crippen LogP contribution in [-0.2, 0) is 4.74 Å². The molecular weight excluding hydrogens is 270 g/mol. The number of methoxy groups -OCH3 is 1. The largest absolute Gasteiger partial charge is 0.383 e. The first-order valence-corrected chi connectivity index (χ1v) is 6.02. The number of non-ortho nitro benzene ring substituents is 1. The second-order valence-electron chi connectivity index (χ2n) is 3.78. The van der Waals surface area contributed by atoms with Gasteiger partial charge in [0.2, 0.25) is 0 Å². The number of rotatable bonds is 7. The number of anilines is 1. The van der Waals surface area contributed by atoms with Gasteiger partial charge in [-0.05, 0) is 6.07 Å². The van der Waals surface area contributed by atoms with Crippen LogP contribution in [0.15, 0.2) is 18.2 Å². The Kier molecular flexibility index (Phi) is 6.06. The molecule has 19 heavy (non-hydrogen) atoms. The van der Waals surface area contributed by atoms with Crippen molar-refractivity contribution in [3.8, 4) is 6.07 Å². The predicted octanol–water partition coefficient (Wildman–Crippen LogP) is 2.61. The van der Waals surface area contributed by atoms with Crippen LogP contribution in [-0.4, -0.2) is 31.7 Å². The second-order valence-corrected chi connectivity index (χ2v) is 4.19. The Labute approximate surface area is 116 Å². The van der Waals surface area contributed by atoms with Crippen LogP contribution in [0.4, 0.5) is 11.4 Å². The molecule has 0 aromatic heterocycles. The molecule has 0 amide bonds. The number of benzene rings is 1. The van der Waals surface area contributed by atoms with Gasteiger partial charge in [0.15, 0.2) is 0 Å². The van der Waals surface area contributed by atoms with E-state index in [0.29, 0.717) is 36.8 Å². The molecule has 0 N–H and O–H groups in total. The van der Waals surface area contributed by atoms with E-state index in [1.807, 2.05) is 4.90 Å². The molecule has 102 valence electrons. The van der Waals surface area contributed by atoms with Crippen LogP contribution in [0.3, 0.4) is 0 Å². The summed E-state index contributed by atoms with van der Waals surface area (Å²) >= 11 is 6.06. The van der Waals surface area contributed by atoms with Crippen molar-refractivity contribution >= 4 is 23.0 Å². The summed E-state index contributed by atoms with van der Waals surface area (Å²) < 4.78 is 5.00. The monoisotopic (exact) mass is 283 g/mol. The Bertz CT molecular complexity index is 488. The number of nitro benzene ring substituents is 1. The predicted molar refractivity (Wildman–Crippen MR) is 72.4 cm³/mol. The van der Waals surface area contributed by atoms with Crippen molar-refractivity contribution in [1.29, 1.82) is 5.26 Å². The summed E-state index contributed by atoms with van der Waals surface area (Å²) in [6.45, 7) is 1.55. The summed E-state index contributed by atoms with van der Waals surface area (Å²) in [5.41, 5.74) is 0.611. The first kappa shape index (κ1) is 15.2. The lowest BCUT2D eigenvalue weighted by molar-refractivity contribution is -0.384. The number of nitriles is 1. The molecule has 0 radical (unpaired) electrons. The van der Waals surface area contributed by atoms with Gasteiger partial charge >= 0.3 is 0 Å². The molecule has 0 spiro atoms. The number of nitro groups is 1. The Morgan fingerprint density at radius 3 is 2.79 bits per heavy atom. The van der Waals surface area contributed by atoms with Crippen LogP contribution in [0.1, 0.15) is 6.42 Å². The maximum absolute atomic E-state index is 10.6. The van der Waals surface area contributed by atoms with Gasteiger partial charge in [0, 0.05) is 32.3 Å². The van der Waals surface area contributed by atoms with Crippen LogP contribution in [0.5, 0.6) is 0 Å². The molecule has 7 heteroatoms. The third-order valence-corrected chi connectivity index (χ3v) is 2.84. The summed E-state index contributed by atoms with van der Waals surface area (Å²) in [7, 11) is 1.58. The van der Waals surface area contributed by atoms with Crippen molar-refractivity contribution in [3.05, 3.63) is 33.3 Å². The zero-order valence-corrected chi connectivity index (χ0v) is 11.3. The molecule has 1 aromatic carbocycles. The van der Waals surface area contributed by atoms with E-state index in [1.54, 1.807) is 13.2 Å². The number of ether oxygens (including phenoxy) is 1. The number of halogens is 1. The SMILES string of the molecule is COCCN(CCC#N)c1ccc([N+](=O)[O-])cc1Cl. The molecule has 0 aliphatic heterocycles. The minimum absolute atomic E-state index is 0.0549. The van der Waals surface area contributed by atoms with Crippen molar-refractivity contribution in [3.63, 3.8) is 0 Å². The smallest absolute Gasteiger partial charge is 0.271 e. The average Bonchev–Trinajstić information content (AvgIpc) is 2.39. The Balaban J connectivity index is 2.94. The summed E-state index contributed by atoms with van der Waals surface area (Å²) in [5, 5.41) is 19.6. The fourth-order valence-corrected chi connectivity index (χ4v) is 1.90. The molecule has 0 unspecified atom stereocenters. The van der Waals surface area contributed by atoms with Gasteiger partial charge in [0.05, 0.1) is 34.7 Å². The zero-order chi connectivity index (χ0) is 14.3. The van der Waals surface area contributed by atoms with Gasteiger partial charge in [-0.3, -0.25) is 10.1 Å². The molecule has 0 saturated carbocycles. The fourth-order valence-electron chi connectivity index (χ4n) is 1.60. The summed E-state index contributed by atoms with van der Waals surface area (Å²) in [4.78, 5) is 12.0. The van der Waals surface area contributed by atoms with Gasteiger partial charge in [-0.15, -0.1) is 0 Å².